The Morgan fingerprint density at radius 2 is 1.88 bits per heavy atom. The Bertz CT molecular complexity index is 665. The third-order valence-electron chi connectivity index (χ3n) is 2.35. The fraction of sp³-hybridized carbons (Fsp3) is 0. The normalized spacial score (nSPS) is 10.2. The minimum Gasteiger partial charge on any atom is -0.297 e. The molecule has 5 heteroatoms. The maximum atomic E-state index is 11.3. The van der Waals surface area contributed by atoms with Gasteiger partial charge in [-0.15, -0.1) is 12.4 Å². The monoisotopic (exact) mass is 233 g/mol. The largest absolute Gasteiger partial charge is 0.297 e. The summed E-state index contributed by atoms with van der Waals surface area (Å²) in [6, 6.07) is 4.89. The molecule has 0 saturated heterocycles. The highest BCUT2D eigenvalue weighted by Gasteiger charge is 2.05. The summed E-state index contributed by atoms with van der Waals surface area (Å²) in [5.41, 5.74) is 2.61. The van der Waals surface area contributed by atoms with Gasteiger partial charge >= 0.3 is 0 Å². The minimum absolute atomic E-state index is 0. The van der Waals surface area contributed by atoms with Crippen molar-refractivity contribution in [3.63, 3.8) is 0 Å². The molecule has 0 amide bonds. The Kier molecular flexibility index (Phi) is 2.58. The van der Waals surface area contributed by atoms with E-state index in [-0.39, 0.29) is 17.8 Å². The molecule has 0 N–H and O–H groups in total. The molecule has 1 aromatic heterocycles. The topological polar surface area (TPSA) is 47.3 Å². The molecule has 80 valence electrons. The molecule has 1 aromatic rings. The number of halogens is 1. The van der Waals surface area contributed by atoms with Crippen LogP contribution in [-0.4, -0.2) is 14.4 Å². The molecule has 0 fully saturated rings. The first-order chi connectivity index (χ1) is 7.34. The van der Waals surface area contributed by atoms with Crippen LogP contribution in [0.4, 0.5) is 0 Å². The molecule has 0 aromatic carbocycles. The SMILES string of the molecule is Cl.O=c1ccc2cncc3cncn3c-2c1. The average Bonchev–Trinajstić information content (AvgIpc) is 2.62. The Morgan fingerprint density at radius 1 is 1.06 bits per heavy atom. The first-order valence-corrected chi connectivity index (χ1v) is 4.55. The first kappa shape index (κ1) is 10.6. The molecule has 0 unspecified atom stereocenters. The maximum Gasteiger partial charge on any atom is 0.180 e. The smallest absolute Gasteiger partial charge is 0.180 e. The van der Waals surface area contributed by atoms with Crippen LogP contribution in [0.1, 0.15) is 0 Å². The zero-order chi connectivity index (χ0) is 10.3. The molecule has 0 atom stereocenters. The highest BCUT2D eigenvalue weighted by atomic mass is 35.5. The van der Waals surface area contributed by atoms with Gasteiger partial charge in [0.05, 0.1) is 29.9 Å². The molecular weight excluding hydrogens is 226 g/mol. The fourth-order valence-corrected chi connectivity index (χ4v) is 1.64. The quantitative estimate of drug-likeness (QED) is 0.593. The first-order valence-electron chi connectivity index (χ1n) is 4.55. The second-order valence-corrected chi connectivity index (χ2v) is 3.32. The van der Waals surface area contributed by atoms with Crippen molar-refractivity contribution < 1.29 is 0 Å². The average molecular weight is 234 g/mol. The maximum absolute atomic E-state index is 11.3. The number of hydrogen-bond acceptors (Lipinski definition) is 3. The van der Waals surface area contributed by atoms with Gasteiger partial charge in [-0.1, -0.05) is 0 Å². The number of hydrogen-bond donors (Lipinski definition) is 0. The van der Waals surface area contributed by atoms with E-state index in [2.05, 4.69) is 9.97 Å². The molecule has 16 heavy (non-hydrogen) atoms. The summed E-state index contributed by atoms with van der Waals surface area (Å²) >= 11 is 0. The molecule has 2 heterocycles. The van der Waals surface area contributed by atoms with Crippen molar-refractivity contribution in [1.29, 1.82) is 0 Å². The van der Waals surface area contributed by atoms with Crippen LogP contribution < -0.4 is 5.43 Å². The second kappa shape index (κ2) is 3.90. The number of nitrogens with zero attached hydrogens (tertiary/aromatic N) is 3. The van der Waals surface area contributed by atoms with Gasteiger partial charge in [-0.25, -0.2) is 4.98 Å². The van der Waals surface area contributed by atoms with Crippen LogP contribution in [0.3, 0.4) is 0 Å². The lowest BCUT2D eigenvalue weighted by Gasteiger charge is -2.00. The van der Waals surface area contributed by atoms with Crippen molar-refractivity contribution in [2.75, 3.05) is 0 Å². The van der Waals surface area contributed by atoms with Gasteiger partial charge in [-0.05, 0) is 12.1 Å². The Balaban J connectivity index is 0.000000963. The minimum atomic E-state index is -0.0105. The summed E-state index contributed by atoms with van der Waals surface area (Å²) in [5.74, 6) is 0. The van der Waals surface area contributed by atoms with Gasteiger partial charge in [0.1, 0.15) is 0 Å². The van der Waals surface area contributed by atoms with Crippen LogP contribution in [-0.2, 0) is 0 Å². The third-order valence-corrected chi connectivity index (χ3v) is 2.35. The predicted molar refractivity (Wildman–Crippen MR) is 63.1 cm³/mol. The summed E-state index contributed by atoms with van der Waals surface area (Å²) in [4.78, 5) is 19.5. The summed E-state index contributed by atoms with van der Waals surface area (Å²) in [5, 5.41) is 0. The van der Waals surface area contributed by atoms with Crippen molar-refractivity contribution in [3.8, 4) is 11.3 Å². The lowest BCUT2D eigenvalue weighted by atomic mass is 10.1. The number of rotatable bonds is 0. The van der Waals surface area contributed by atoms with Crippen LogP contribution in [0.25, 0.3) is 16.8 Å². The molecule has 0 radical (unpaired) electrons. The lowest BCUT2D eigenvalue weighted by molar-refractivity contribution is 1.16. The zero-order valence-corrected chi connectivity index (χ0v) is 9.02. The molecule has 3 rings (SSSR count). The zero-order valence-electron chi connectivity index (χ0n) is 8.20. The van der Waals surface area contributed by atoms with Gasteiger partial charge in [0.25, 0.3) is 0 Å². The molecule has 1 aliphatic carbocycles. The van der Waals surface area contributed by atoms with E-state index in [1.54, 1.807) is 37.1 Å². The number of imidazole rings is 1. The third kappa shape index (κ3) is 1.53. The lowest BCUT2D eigenvalue weighted by Crippen LogP contribution is -1.99. The Labute approximate surface area is 97.4 Å². The number of benzene rings is 1. The molecule has 4 nitrogen and oxygen atoms in total. The van der Waals surface area contributed by atoms with Crippen LogP contribution in [0.5, 0.6) is 0 Å². The van der Waals surface area contributed by atoms with E-state index in [1.807, 2.05) is 4.40 Å². The van der Waals surface area contributed by atoms with Crippen LogP contribution in [0.15, 0.2) is 47.9 Å². The highest BCUT2D eigenvalue weighted by Crippen LogP contribution is 2.17. The van der Waals surface area contributed by atoms with E-state index in [9.17, 15) is 4.79 Å². The molecule has 1 aliphatic heterocycles. The van der Waals surface area contributed by atoms with Crippen LogP contribution in [0, 0.1) is 0 Å². The van der Waals surface area contributed by atoms with Crippen LogP contribution >= 0.6 is 12.4 Å². The second-order valence-electron chi connectivity index (χ2n) is 3.32. The van der Waals surface area contributed by atoms with Gasteiger partial charge in [-0.3, -0.25) is 14.2 Å². The van der Waals surface area contributed by atoms with Crippen LogP contribution in [0.2, 0.25) is 0 Å². The van der Waals surface area contributed by atoms with Gasteiger partial charge in [0.2, 0.25) is 0 Å². The summed E-state index contributed by atoms with van der Waals surface area (Å²) in [6.45, 7) is 0. The van der Waals surface area contributed by atoms with Gasteiger partial charge < -0.3 is 0 Å². The molecule has 0 saturated carbocycles. The van der Waals surface area contributed by atoms with Crippen molar-refractivity contribution >= 4 is 17.9 Å². The molecule has 2 aliphatic rings. The summed E-state index contributed by atoms with van der Waals surface area (Å²) in [6.07, 6.45) is 6.85. The van der Waals surface area contributed by atoms with Gasteiger partial charge in [-0.2, -0.15) is 0 Å². The summed E-state index contributed by atoms with van der Waals surface area (Å²) in [7, 11) is 0. The van der Waals surface area contributed by atoms with Gasteiger partial charge in [0.15, 0.2) is 5.43 Å². The van der Waals surface area contributed by atoms with Gasteiger partial charge in [0, 0.05) is 17.8 Å². The van der Waals surface area contributed by atoms with Crippen molar-refractivity contribution in [1.82, 2.24) is 14.4 Å². The van der Waals surface area contributed by atoms with Crippen molar-refractivity contribution in [2.45, 2.75) is 0 Å². The molecule has 0 bridgehead atoms. The number of fused-ring (bicyclic) bond motifs is 3. The van der Waals surface area contributed by atoms with E-state index in [1.165, 1.54) is 6.07 Å². The Morgan fingerprint density at radius 3 is 2.75 bits per heavy atom. The van der Waals surface area contributed by atoms with E-state index in [0.29, 0.717) is 0 Å². The van der Waals surface area contributed by atoms with Crippen molar-refractivity contribution in [2.24, 2.45) is 0 Å². The highest BCUT2D eigenvalue weighted by molar-refractivity contribution is 5.85. The number of aromatic nitrogens is 3. The van der Waals surface area contributed by atoms with Crippen molar-refractivity contribution in [3.05, 3.63) is 53.3 Å². The van der Waals surface area contributed by atoms with E-state index >= 15 is 0 Å². The van der Waals surface area contributed by atoms with E-state index in [0.717, 1.165) is 16.8 Å². The Hall–Kier alpha value is -1.94. The van der Waals surface area contributed by atoms with E-state index < -0.39 is 0 Å². The van der Waals surface area contributed by atoms with E-state index in [4.69, 9.17) is 0 Å². The fourth-order valence-electron chi connectivity index (χ4n) is 1.64. The molecular formula is C11H8ClN3O. The standard InChI is InChI=1S/C11H7N3O.ClH/c15-10-2-1-8-4-12-5-9-6-13-7-14(9)11(8)3-10;/h1-7H;1H. The molecule has 0 spiro atoms. The summed E-state index contributed by atoms with van der Waals surface area (Å²) < 4.78 is 1.85. The predicted octanol–water partition coefficient (Wildman–Crippen LogP) is 1.62.